The molecular weight excluding hydrogens is 220 g/mol. The summed E-state index contributed by atoms with van der Waals surface area (Å²) >= 11 is 0. The second kappa shape index (κ2) is 4.52. The van der Waals surface area contributed by atoms with Gasteiger partial charge in [-0.2, -0.15) is 0 Å². The van der Waals surface area contributed by atoms with Gasteiger partial charge in [-0.25, -0.2) is 4.79 Å². The Morgan fingerprint density at radius 3 is 2.82 bits per heavy atom. The van der Waals surface area contributed by atoms with Gasteiger partial charge in [0.15, 0.2) is 0 Å². The smallest absolute Gasteiger partial charge is 0.393 e. The van der Waals surface area contributed by atoms with Gasteiger partial charge in [0.25, 0.3) is 5.91 Å². The number of fused-ring (bicyclic) bond motifs is 1. The molecule has 5 heteroatoms. The minimum absolute atomic E-state index is 0.278. The first-order valence-corrected chi connectivity index (χ1v) is 4.92. The summed E-state index contributed by atoms with van der Waals surface area (Å²) in [6, 6.07) is 9.15. The van der Waals surface area contributed by atoms with E-state index in [1.54, 1.807) is 6.07 Å². The van der Waals surface area contributed by atoms with Crippen LogP contribution in [0, 0.1) is 0 Å². The number of imide groups is 1. The molecule has 0 unspecified atom stereocenters. The average Bonchev–Trinajstić information content (AvgIpc) is 2.70. The SMILES string of the molecule is C=CC(=O)NC(=O)Oc1cc2ccccc2[nH]1. The number of amides is 2. The van der Waals surface area contributed by atoms with E-state index in [2.05, 4.69) is 11.6 Å². The highest BCUT2D eigenvalue weighted by molar-refractivity contribution is 5.98. The molecule has 1 heterocycles. The molecule has 0 spiro atoms. The van der Waals surface area contributed by atoms with Gasteiger partial charge in [-0.3, -0.25) is 10.1 Å². The number of aromatic nitrogens is 1. The summed E-state index contributed by atoms with van der Waals surface area (Å²) in [5.74, 6) is -0.327. The third-order valence-corrected chi connectivity index (χ3v) is 2.12. The van der Waals surface area contributed by atoms with Crippen LogP contribution in [0.4, 0.5) is 4.79 Å². The Hall–Kier alpha value is -2.56. The predicted molar refractivity (Wildman–Crippen MR) is 62.7 cm³/mol. The minimum Gasteiger partial charge on any atom is -0.393 e. The van der Waals surface area contributed by atoms with Crippen LogP contribution >= 0.6 is 0 Å². The minimum atomic E-state index is -0.846. The Labute approximate surface area is 97.1 Å². The third-order valence-electron chi connectivity index (χ3n) is 2.12. The van der Waals surface area contributed by atoms with Gasteiger partial charge >= 0.3 is 6.09 Å². The number of rotatable bonds is 2. The van der Waals surface area contributed by atoms with Gasteiger partial charge in [-0.05, 0) is 12.1 Å². The summed E-state index contributed by atoms with van der Waals surface area (Å²) in [5, 5.41) is 2.91. The summed E-state index contributed by atoms with van der Waals surface area (Å²) < 4.78 is 4.90. The monoisotopic (exact) mass is 230 g/mol. The van der Waals surface area contributed by atoms with Crippen molar-refractivity contribution < 1.29 is 14.3 Å². The van der Waals surface area contributed by atoms with Crippen LogP contribution in [-0.2, 0) is 4.79 Å². The molecule has 0 bridgehead atoms. The standard InChI is InChI=1S/C12H10N2O3/c1-2-10(15)14-12(16)17-11-7-8-5-3-4-6-9(8)13-11/h2-7,13H,1H2,(H,14,15,16). The maximum atomic E-state index is 11.2. The van der Waals surface area contributed by atoms with Crippen LogP contribution < -0.4 is 10.1 Å². The molecule has 0 fully saturated rings. The van der Waals surface area contributed by atoms with Crippen molar-refractivity contribution >= 4 is 22.9 Å². The zero-order chi connectivity index (χ0) is 12.3. The summed E-state index contributed by atoms with van der Waals surface area (Å²) in [7, 11) is 0. The molecule has 2 aromatic rings. The van der Waals surface area contributed by atoms with E-state index in [0.717, 1.165) is 17.0 Å². The Bertz CT molecular complexity index is 553. The highest BCUT2D eigenvalue weighted by Gasteiger charge is 2.08. The molecule has 0 saturated carbocycles. The first-order valence-electron chi connectivity index (χ1n) is 4.92. The van der Waals surface area contributed by atoms with E-state index in [0.29, 0.717) is 0 Å². The molecule has 2 N–H and O–H groups in total. The molecule has 0 saturated heterocycles. The number of hydrogen-bond acceptors (Lipinski definition) is 3. The zero-order valence-electron chi connectivity index (χ0n) is 8.90. The van der Waals surface area contributed by atoms with Crippen LogP contribution in [-0.4, -0.2) is 17.0 Å². The first kappa shape index (κ1) is 10.9. The molecule has 0 aliphatic carbocycles. The van der Waals surface area contributed by atoms with Gasteiger partial charge in [0, 0.05) is 17.0 Å². The van der Waals surface area contributed by atoms with Gasteiger partial charge in [0.2, 0.25) is 5.88 Å². The molecule has 0 aliphatic rings. The lowest BCUT2D eigenvalue weighted by Gasteiger charge is -2.00. The average molecular weight is 230 g/mol. The normalized spacial score (nSPS) is 9.88. The number of para-hydroxylation sites is 1. The maximum Gasteiger partial charge on any atom is 0.420 e. The number of carbonyl (C=O) groups excluding carboxylic acids is 2. The van der Waals surface area contributed by atoms with E-state index in [1.807, 2.05) is 29.6 Å². The molecule has 0 atom stereocenters. The lowest BCUT2D eigenvalue weighted by Crippen LogP contribution is -2.31. The van der Waals surface area contributed by atoms with E-state index in [1.165, 1.54) is 0 Å². The fourth-order valence-corrected chi connectivity index (χ4v) is 1.38. The zero-order valence-corrected chi connectivity index (χ0v) is 8.90. The molecule has 1 aromatic heterocycles. The highest BCUT2D eigenvalue weighted by atomic mass is 16.6. The third kappa shape index (κ3) is 2.52. The van der Waals surface area contributed by atoms with E-state index >= 15 is 0 Å². The number of nitrogens with one attached hydrogen (secondary N) is 2. The number of aromatic amines is 1. The van der Waals surface area contributed by atoms with E-state index < -0.39 is 12.0 Å². The number of hydrogen-bond donors (Lipinski definition) is 2. The number of carbonyl (C=O) groups is 2. The Balaban J connectivity index is 2.10. The van der Waals surface area contributed by atoms with Crippen molar-refractivity contribution in [3.8, 4) is 5.88 Å². The Morgan fingerprint density at radius 1 is 1.35 bits per heavy atom. The summed E-state index contributed by atoms with van der Waals surface area (Å²) in [6.07, 6.45) is 0.147. The van der Waals surface area contributed by atoms with E-state index in [9.17, 15) is 9.59 Å². The number of benzene rings is 1. The van der Waals surface area contributed by atoms with Crippen LogP contribution in [0.25, 0.3) is 10.9 Å². The Morgan fingerprint density at radius 2 is 2.12 bits per heavy atom. The van der Waals surface area contributed by atoms with E-state index in [-0.39, 0.29) is 5.88 Å². The van der Waals surface area contributed by atoms with Gasteiger partial charge in [-0.1, -0.05) is 24.8 Å². The van der Waals surface area contributed by atoms with Crippen molar-refractivity contribution in [1.29, 1.82) is 0 Å². The molecule has 2 amide bonds. The van der Waals surface area contributed by atoms with Crippen molar-refractivity contribution in [2.45, 2.75) is 0 Å². The molecule has 17 heavy (non-hydrogen) atoms. The van der Waals surface area contributed by atoms with Gasteiger partial charge in [-0.15, -0.1) is 0 Å². The second-order valence-corrected chi connectivity index (χ2v) is 3.30. The van der Waals surface area contributed by atoms with Gasteiger partial charge in [0.1, 0.15) is 0 Å². The number of ether oxygens (including phenoxy) is 1. The fraction of sp³-hybridized carbons (Fsp3) is 0. The van der Waals surface area contributed by atoms with Crippen LogP contribution in [0.5, 0.6) is 5.88 Å². The molecule has 5 nitrogen and oxygen atoms in total. The van der Waals surface area contributed by atoms with Crippen LogP contribution in [0.2, 0.25) is 0 Å². The fourth-order valence-electron chi connectivity index (χ4n) is 1.38. The predicted octanol–water partition coefficient (Wildman–Crippen LogP) is 1.97. The van der Waals surface area contributed by atoms with Crippen molar-refractivity contribution in [3.63, 3.8) is 0 Å². The van der Waals surface area contributed by atoms with Crippen molar-refractivity contribution in [2.24, 2.45) is 0 Å². The molecule has 0 aliphatic heterocycles. The molecule has 0 radical (unpaired) electrons. The van der Waals surface area contributed by atoms with Crippen molar-refractivity contribution in [2.75, 3.05) is 0 Å². The molecular formula is C12H10N2O3. The summed E-state index contributed by atoms with van der Waals surface area (Å²) in [5.41, 5.74) is 0.852. The summed E-state index contributed by atoms with van der Waals surface area (Å²) in [4.78, 5) is 25.0. The lowest BCUT2D eigenvalue weighted by atomic mass is 10.3. The molecule has 86 valence electrons. The molecule has 1 aromatic carbocycles. The molecule has 2 rings (SSSR count). The lowest BCUT2D eigenvalue weighted by molar-refractivity contribution is -0.115. The topological polar surface area (TPSA) is 71.2 Å². The van der Waals surface area contributed by atoms with Crippen molar-refractivity contribution in [3.05, 3.63) is 43.0 Å². The Kier molecular flexibility index (Phi) is 2.91. The van der Waals surface area contributed by atoms with Gasteiger partial charge in [0.05, 0.1) is 0 Å². The van der Waals surface area contributed by atoms with Crippen LogP contribution in [0.3, 0.4) is 0 Å². The second-order valence-electron chi connectivity index (χ2n) is 3.30. The van der Waals surface area contributed by atoms with Crippen molar-refractivity contribution in [1.82, 2.24) is 10.3 Å². The van der Waals surface area contributed by atoms with Gasteiger partial charge < -0.3 is 9.72 Å². The van der Waals surface area contributed by atoms with Crippen LogP contribution in [0.15, 0.2) is 43.0 Å². The first-order chi connectivity index (χ1) is 8.19. The van der Waals surface area contributed by atoms with E-state index in [4.69, 9.17) is 4.74 Å². The summed E-state index contributed by atoms with van der Waals surface area (Å²) in [6.45, 7) is 3.23. The quantitative estimate of drug-likeness (QED) is 0.775. The highest BCUT2D eigenvalue weighted by Crippen LogP contribution is 2.19. The largest absolute Gasteiger partial charge is 0.420 e. The van der Waals surface area contributed by atoms with Crippen LogP contribution in [0.1, 0.15) is 0 Å². The number of H-pyrrole nitrogens is 1. The maximum absolute atomic E-state index is 11.2.